The minimum atomic E-state index is -0.171. The molecule has 2 saturated carbocycles. The van der Waals surface area contributed by atoms with E-state index in [0.717, 1.165) is 30.8 Å². The Hall–Kier alpha value is -1.22. The smallest absolute Gasteiger partial charge is 0.123 e. The molecule has 0 heterocycles. The van der Waals surface area contributed by atoms with E-state index < -0.39 is 0 Å². The maximum absolute atomic E-state index is 10.0. The van der Waals surface area contributed by atoms with E-state index >= 15 is 0 Å². The normalized spacial score (nSPS) is 29.0. The third kappa shape index (κ3) is 1.77. The highest BCUT2D eigenvalue weighted by Crippen LogP contribution is 2.54. The Labute approximate surface area is 108 Å². The summed E-state index contributed by atoms with van der Waals surface area (Å²) in [5, 5.41) is 10.0. The molecule has 2 atom stereocenters. The molecule has 1 N–H and O–H groups in total. The van der Waals surface area contributed by atoms with Crippen molar-refractivity contribution in [3.8, 4) is 11.5 Å². The first-order valence-corrected chi connectivity index (χ1v) is 6.73. The number of rotatable bonds is 3. The van der Waals surface area contributed by atoms with Gasteiger partial charge in [-0.25, -0.2) is 0 Å². The number of aliphatic hydroxyl groups excluding tert-OH is 1. The Morgan fingerprint density at radius 2 is 1.94 bits per heavy atom. The molecule has 2 aliphatic rings. The molecule has 98 valence electrons. The molecule has 18 heavy (non-hydrogen) atoms. The number of ether oxygens (including phenoxy) is 2. The fourth-order valence-electron chi connectivity index (χ4n) is 3.42. The van der Waals surface area contributed by atoms with Crippen LogP contribution >= 0.6 is 0 Å². The van der Waals surface area contributed by atoms with Crippen molar-refractivity contribution in [2.75, 3.05) is 7.11 Å². The van der Waals surface area contributed by atoms with E-state index in [9.17, 15) is 5.11 Å². The lowest BCUT2D eigenvalue weighted by Crippen LogP contribution is -2.58. The zero-order chi connectivity index (χ0) is 12.6. The first kappa shape index (κ1) is 11.8. The second-order valence-electron chi connectivity index (χ2n) is 5.48. The Balaban J connectivity index is 1.73. The van der Waals surface area contributed by atoms with Gasteiger partial charge in [-0.3, -0.25) is 0 Å². The van der Waals surface area contributed by atoms with E-state index in [1.54, 1.807) is 7.11 Å². The van der Waals surface area contributed by atoms with Gasteiger partial charge in [0.05, 0.1) is 13.2 Å². The van der Waals surface area contributed by atoms with Gasteiger partial charge in [-0.1, -0.05) is 18.9 Å². The molecular formula is C15H20O3. The Morgan fingerprint density at radius 3 is 2.61 bits per heavy atom. The highest BCUT2D eigenvalue weighted by molar-refractivity contribution is 5.33. The zero-order valence-electron chi connectivity index (χ0n) is 10.8. The van der Waals surface area contributed by atoms with Crippen molar-refractivity contribution < 1.29 is 14.6 Å². The second-order valence-corrected chi connectivity index (χ2v) is 5.48. The van der Waals surface area contributed by atoms with Gasteiger partial charge >= 0.3 is 0 Å². The highest BCUT2D eigenvalue weighted by atomic mass is 16.5. The van der Waals surface area contributed by atoms with Crippen LogP contribution in [0.2, 0.25) is 0 Å². The Kier molecular flexibility index (Phi) is 2.94. The van der Waals surface area contributed by atoms with Gasteiger partial charge in [0.25, 0.3) is 0 Å². The van der Waals surface area contributed by atoms with Crippen molar-refractivity contribution in [1.82, 2.24) is 0 Å². The molecule has 2 unspecified atom stereocenters. The van der Waals surface area contributed by atoms with Crippen LogP contribution in [-0.4, -0.2) is 24.4 Å². The van der Waals surface area contributed by atoms with Crippen LogP contribution in [-0.2, 0) is 0 Å². The van der Waals surface area contributed by atoms with Crippen LogP contribution in [0, 0.1) is 5.41 Å². The summed E-state index contributed by atoms with van der Waals surface area (Å²) in [5.41, 5.74) is 0.0308. The van der Waals surface area contributed by atoms with E-state index in [1.165, 1.54) is 12.8 Å². The number of benzene rings is 1. The van der Waals surface area contributed by atoms with Crippen molar-refractivity contribution in [3.05, 3.63) is 24.3 Å². The van der Waals surface area contributed by atoms with Gasteiger partial charge in [0.2, 0.25) is 0 Å². The van der Waals surface area contributed by atoms with Crippen molar-refractivity contribution in [2.24, 2.45) is 5.41 Å². The first-order valence-electron chi connectivity index (χ1n) is 6.73. The molecule has 3 rings (SSSR count). The molecule has 1 aromatic carbocycles. The van der Waals surface area contributed by atoms with Gasteiger partial charge in [0.1, 0.15) is 17.6 Å². The van der Waals surface area contributed by atoms with Gasteiger partial charge < -0.3 is 14.6 Å². The highest BCUT2D eigenvalue weighted by Gasteiger charge is 2.57. The van der Waals surface area contributed by atoms with E-state index in [4.69, 9.17) is 9.47 Å². The topological polar surface area (TPSA) is 38.7 Å². The van der Waals surface area contributed by atoms with Crippen LogP contribution in [0.5, 0.6) is 11.5 Å². The lowest BCUT2D eigenvalue weighted by atomic mass is 9.62. The molecule has 1 aromatic rings. The van der Waals surface area contributed by atoms with E-state index in [1.807, 2.05) is 24.3 Å². The third-order valence-corrected chi connectivity index (χ3v) is 4.60. The largest absolute Gasteiger partial charge is 0.497 e. The third-order valence-electron chi connectivity index (χ3n) is 4.60. The molecule has 0 bridgehead atoms. The summed E-state index contributed by atoms with van der Waals surface area (Å²) in [5.74, 6) is 1.66. The van der Waals surface area contributed by atoms with Gasteiger partial charge in [-0.2, -0.15) is 0 Å². The molecule has 0 radical (unpaired) electrons. The zero-order valence-corrected chi connectivity index (χ0v) is 10.8. The molecule has 2 fully saturated rings. The molecule has 3 nitrogen and oxygen atoms in total. The van der Waals surface area contributed by atoms with Crippen molar-refractivity contribution in [1.29, 1.82) is 0 Å². The quantitative estimate of drug-likeness (QED) is 0.894. The molecular weight excluding hydrogens is 228 g/mol. The van der Waals surface area contributed by atoms with Crippen LogP contribution in [0.4, 0.5) is 0 Å². The molecule has 0 aromatic heterocycles. The average molecular weight is 248 g/mol. The maximum atomic E-state index is 10.0. The summed E-state index contributed by atoms with van der Waals surface area (Å²) in [7, 11) is 1.66. The number of aliphatic hydroxyl groups is 1. The standard InChI is InChI=1S/C15H20O3/c1-17-11-5-4-6-12(9-11)18-14-10-13(16)15(14)7-2-3-8-15/h4-6,9,13-14,16H,2-3,7-8,10H2,1H3. The van der Waals surface area contributed by atoms with Gasteiger partial charge in [0, 0.05) is 17.9 Å². The summed E-state index contributed by atoms with van der Waals surface area (Å²) < 4.78 is 11.3. The minimum absolute atomic E-state index is 0.0308. The van der Waals surface area contributed by atoms with Crippen LogP contribution < -0.4 is 9.47 Å². The minimum Gasteiger partial charge on any atom is -0.497 e. The van der Waals surface area contributed by atoms with E-state index in [-0.39, 0.29) is 17.6 Å². The van der Waals surface area contributed by atoms with Crippen molar-refractivity contribution in [2.45, 2.75) is 44.3 Å². The first-order chi connectivity index (χ1) is 8.74. The van der Waals surface area contributed by atoms with Gasteiger partial charge in [-0.05, 0) is 25.0 Å². The lowest BCUT2D eigenvalue weighted by molar-refractivity contribution is -0.152. The Morgan fingerprint density at radius 1 is 1.22 bits per heavy atom. The number of methoxy groups -OCH3 is 1. The van der Waals surface area contributed by atoms with Gasteiger partial charge in [-0.15, -0.1) is 0 Å². The van der Waals surface area contributed by atoms with Crippen LogP contribution in [0.25, 0.3) is 0 Å². The molecule has 3 heteroatoms. The molecule has 0 amide bonds. The molecule has 1 spiro atoms. The molecule has 2 aliphatic carbocycles. The summed E-state index contributed by atoms with van der Waals surface area (Å²) in [6.07, 6.45) is 5.39. The lowest BCUT2D eigenvalue weighted by Gasteiger charge is -2.51. The van der Waals surface area contributed by atoms with Crippen LogP contribution in [0.1, 0.15) is 32.1 Å². The monoisotopic (exact) mass is 248 g/mol. The van der Waals surface area contributed by atoms with E-state index in [2.05, 4.69) is 0 Å². The predicted molar refractivity (Wildman–Crippen MR) is 68.9 cm³/mol. The SMILES string of the molecule is COc1cccc(OC2CC(O)C23CCCC3)c1. The predicted octanol–water partition coefficient (Wildman–Crippen LogP) is 2.77. The second kappa shape index (κ2) is 4.47. The number of hydrogen-bond donors (Lipinski definition) is 1. The number of hydrogen-bond acceptors (Lipinski definition) is 3. The summed E-state index contributed by atoms with van der Waals surface area (Å²) in [4.78, 5) is 0. The summed E-state index contributed by atoms with van der Waals surface area (Å²) in [6, 6.07) is 7.71. The summed E-state index contributed by atoms with van der Waals surface area (Å²) >= 11 is 0. The van der Waals surface area contributed by atoms with Crippen LogP contribution in [0.15, 0.2) is 24.3 Å². The average Bonchev–Trinajstić information content (AvgIpc) is 2.91. The van der Waals surface area contributed by atoms with E-state index in [0.29, 0.717) is 0 Å². The van der Waals surface area contributed by atoms with Gasteiger partial charge in [0.15, 0.2) is 0 Å². The summed E-state index contributed by atoms with van der Waals surface area (Å²) in [6.45, 7) is 0. The molecule has 0 aliphatic heterocycles. The van der Waals surface area contributed by atoms with Crippen molar-refractivity contribution >= 4 is 0 Å². The van der Waals surface area contributed by atoms with Crippen LogP contribution in [0.3, 0.4) is 0 Å². The molecule has 0 saturated heterocycles. The van der Waals surface area contributed by atoms with Crippen molar-refractivity contribution in [3.63, 3.8) is 0 Å². The fourth-order valence-corrected chi connectivity index (χ4v) is 3.42. The maximum Gasteiger partial charge on any atom is 0.123 e. The Bertz CT molecular complexity index is 424. The fraction of sp³-hybridized carbons (Fsp3) is 0.600.